The Morgan fingerprint density at radius 1 is 1.00 bits per heavy atom. The summed E-state index contributed by atoms with van der Waals surface area (Å²) in [5, 5.41) is 4.01. The summed E-state index contributed by atoms with van der Waals surface area (Å²) in [5.41, 5.74) is 5.41. The third-order valence-electron chi connectivity index (χ3n) is 5.39. The van der Waals surface area contributed by atoms with E-state index in [2.05, 4.69) is 40.4 Å². The predicted molar refractivity (Wildman–Crippen MR) is 110 cm³/mol. The highest BCUT2D eigenvalue weighted by Gasteiger charge is 2.24. The summed E-state index contributed by atoms with van der Waals surface area (Å²) < 4.78 is 1.62. The van der Waals surface area contributed by atoms with Gasteiger partial charge in [0.2, 0.25) is 0 Å². The highest BCUT2D eigenvalue weighted by atomic mass is 35.5. The molecule has 4 aromatic rings. The number of pyridine rings is 1. The van der Waals surface area contributed by atoms with Gasteiger partial charge < -0.3 is 0 Å². The topological polar surface area (TPSA) is 50.7 Å². The van der Waals surface area contributed by atoms with Gasteiger partial charge in [0.05, 0.1) is 16.6 Å². The molecule has 136 valence electrons. The van der Waals surface area contributed by atoms with E-state index in [0.29, 0.717) is 11.3 Å². The molecule has 0 amide bonds. The van der Waals surface area contributed by atoms with Gasteiger partial charge in [-0.25, -0.2) is 4.68 Å². The Labute approximate surface area is 163 Å². The van der Waals surface area contributed by atoms with Crippen LogP contribution < -0.4 is 5.56 Å². The number of aromatic nitrogens is 3. The van der Waals surface area contributed by atoms with Crippen molar-refractivity contribution in [2.45, 2.75) is 25.2 Å². The van der Waals surface area contributed by atoms with Crippen molar-refractivity contribution in [3.8, 4) is 5.69 Å². The lowest BCUT2D eigenvalue weighted by molar-refractivity contribution is 0.577. The Morgan fingerprint density at radius 2 is 1.70 bits per heavy atom. The molecular weight excluding hydrogens is 358 g/mol. The van der Waals surface area contributed by atoms with E-state index in [-0.39, 0.29) is 18.0 Å². The molecule has 0 fully saturated rings. The van der Waals surface area contributed by atoms with Crippen molar-refractivity contribution in [2.24, 2.45) is 0 Å². The average Bonchev–Trinajstić information content (AvgIpc) is 3.06. The van der Waals surface area contributed by atoms with Gasteiger partial charge in [0.25, 0.3) is 5.56 Å². The van der Waals surface area contributed by atoms with Crippen molar-refractivity contribution in [2.75, 3.05) is 0 Å². The van der Waals surface area contributed by atoms with Crippen LogP contribution in [0.25, 0.3) is 16.6 Å². The first-order valence-electron chi connectivity index (χ1n) is 9.03. The maximum atomic E-state index is 12.9. The molecule has 1 N–H and O–H groups in total. The lowest BCUT2D eigenvalue weighted by atomic mass is 9.81. The molecule has 0 saturated heterocycles. The Morgan fingerprint density at radius 3 is 2.44 bits per heavy atom. The van der Waals surface area contributed by atoms with Crippen LogP contribution in [0.15, 0.2) is 71.7 Å². The summed E-state index contributed by atoms with van der Waals surface area (Å²) in [6, 6.07) is 20.3. The lowest BCUT2D eigenvalue weighted by Crippen LogP contribution is -2.15. The fraction of sp³-hybridized carbons (Fsp3) is 0.182. The van der Waals surface area contributed by atoms with Crippen LogP contribution in [0.5, 0.6) is 0 Å². The number of nitrogens with one attached hydrogen (secondary N) is 1. The number of benzene rings is 2. The fourth-order valence-corrected chi connectivity index (χ4v) is 4.03. The molecule has 2 aromatic carbocycles. The number of aryl methyl sites for hydroxylation is 1. The number of hydrogen-bond donors (Lipinski definition) is 1. The van der Waals surface area contributed by atoms with Gasteiger partial charge in [-0.2, -0.15) is 0 Å². The van der Waals surface area contributed by atoms with Crippen LogP contribution >= 0.6 is 12.4 Å². The van der Waals surface area contributed by atoms with Crippen molar-refractivity contribution in [1.29, 1.82) is 0 Å². The van der Waals surface area contributed by atoms with Crippen molar-refractivity contribution in [1.82, 2.24) is 14.8 Å². The van der Waals surface area contributed by atoms with E-state index in [1.807, 2.05) is 30.3 Å². The number of nitrogens with zero attached hydrogens (tertiary/aromatic N) is 2. The molecule has 0 spiro atoms. The minimum atomic E-state index is -0.0386. The minimum absolute atomic E-state index is 0. The molecule has 1 aliphatic carbocycles. The van der Waals surface area contributed by atoms with Gasteiger partial charge in [-0.3, -0.25) is 14.9 Å². The number of rotatable bonds is 2. The number of aromatic amines is 1. The number of hydrogen-bond acceptors (Lipinski definition) is 2. The molecule has 0 bridgehead atoms. The average molecular weight is 378 g/mol. The van der Waals surface area contributed by atoms with E-state index < -0.39 is 0 Å². The van der Waals surface area contributed by atoms with Crippen LogP contribution in [0.4, 0.5) is 0 Å². The van der Waals surface area contributed by atoms with Crippen LogP contribution in [0, 0.1) is 0 Å². The summed E-state index contributed by atoms with van der Waals surface area (Å²) in [6.45, 7) is 0. The maximum Gasteiger partial charge on any atom is 0.280 e. The van der Waals surface area contributed by atoms with Gasteiger partial charge >= 0.3 is 0 Å². The van der Waals surface area contributed by atoms with Crippen molar-refractivity contribution in [3.05, 3.63) is 94.0 Å². The van der Waals surface area contributed by atoms with E-state index in [1.165, 1.54) is 11.1 Å². The van der Waals surface area contributed by atoms with Crippen LogP contribution in [-0.2, 0) is 12.8 Å². The Bertz CT molecular complexity index is 1130. The van der Waals surface area contributed by atoms with E-state index >= 15 is 0 Å². The molecule has 2 heterocycles. The van der Waals surface area contributed by atoms with Gasteiger partial charge in [0.15, 0.2) is 0 Å². The number of fused-ring (bicyclic) bond motifs is 3. The highest BCUT2D eigenvalue weighted by Crippen LogP contribution is 2.34. The Hall–Kier alpha value is -2.85. The molecule has 1 aliphatic rings. The van der Waals surface area contributed by atoms with Crippen molar-refractivity contribution in [3.63, 3.8) is 0 Å². The zero-order valence-corrected chi connectivity index (χ0v) is 15.6. The first-order chi connectivity index (χ1) is 12.8. The summed E-state index contributed by atoms with van der Waals surface area (Å²) in [5.74, 6) is 0.472. The number of H-pyrrole nitrogens is 1. The molecule has 5 rings (SSSR count). The summed E-state index contributed by atoms with van der Waals surface area (Å²) in [4.78, 5) is 17.5. The fourth-order valence-electron chi connectivity index (χ4n) is 4.03. The predicted octanol–water partition coefficient (Wildman–Crippen LogP) is 4.41. The Balaban J connectivity index is 0.00000180. The normalized spacial score (nSPS) is 15.9. The van der Waals surface area contributed by atoms with E-state index in [4.69, 9.17) is 0 Å². The van der Waals surface area contributed by atoms with Crippen LogP contribution in [-0.4, -0.2) is 14.8 Å². The molecular formula is C22H20ClN3O. The van der Waals surface area contributed by atoms with E-state index in [9.17, 15) is 4.79 Å². The molecule has 0 radical (unpaired) electrons. The number of para-hydroxylation sites is 1. The quantitative estimate of drug-likeness (QED) is 0.562. The maximum absolute atomic E-state index is 12.9. The molecule has 2 aromatic heterocycles. The van der Waals surface area contributed by atoms with E-state index in [1.54, 1.807) is 10.9 Å². The molecule has 1 atom stereocenters. The SMILES string of the molecule is Cl.O=c1c2cnc3c(c2[nH]n1-c1ccccc1)CC(c1ccccc1)CC3. The second kappa shape index (κ2) is 7.05. The number of halogens is 1. The third-order valence-corrected chi connectivity index (χ3v) is 5.39. The monoisotopic (exact) mass is 377 g/mol. The minimum Gasteiger partial charge on any atom is -0.290 e. The summed E-state index contributed by atoms with van der Waals surface area (Å²) in [7, 11) is 0. The van der Waals surface area contributed by atoms with Gasteiger partial charge in [-0.1, -0.05) is 48.5 Å². The Kier molecular flexibility index (Phi) is 4.58. The molecule has 1 unspecified atom stereocenters. The lowest BCUT2D eigenvalue weighted by Gasteiger charge is -2.24. The van der Waals surface area contributed by atoms with Gasteiger partial charge in [0, 0.05) is 17.5 Å². The second-order valence-electron chi connectivity index (χ2n) is 6.91. The molecule has 5 heteroatoms. The van der Waals surface area contributed by atoms with Crippen LogP contribution in [0.2, 0.25) is 0 Å². The largest absolute Gasteiger partial charge is 0.290 e. The first kappa shape index (κ1) is 17.6. The zero-order chi connectivity index (χ0) is 17.5. The van der Waals surface area contributed by atoms with Gasteiger partial charge in [0.1, 0.15) is 0 Å². The van der Waals surface area contributed by atoms with Gasteiger partial charge in [-0.05, 0) is 42.9 Å². The summed E-state index contributed by atoms with van der Waals surface area (Å²) in [6.07, 6.45) is 4.69. The third kappa shape index (κ3) is 2.96. The van der Waals surface area contributed by atoms with Crippen LogP contribution in [0.1, 0.15) is 29.2 Å². The molecule has 0 aliphatic heterocycles. The van der Waals surface area contributed by atoms with Crippen molar-refractivity contribution < 1.29 is 0 Å². The summed E-state index contributed by atoms with van der Waals surface area (Å²) >= 11 is 0. The molecule has 27 heavy (non-hydrogen) atoms. The molecule has 4 nitrogen and oxygen atoms in total. The van der Waals surface area contributed by atoms with Crippen molar-refractivity contribution >= 4 is 23.3 Å². The highest BCUT2D eigenvalue weighted by molar-refractivity contribution is 5.85. The van der Waals surface area contributed by atoms with E-state index in [0.717, 1.165) is 36.2 Å². The van der Waals surface area contributed by atoms with Gasteiger partial charge in [-0.15, -0.1) is 12.4 Å². The zero-order valence-electron chi connectivity index (χ0n) is 14.8. The molecule has 0 saturated carbocycles. The second-order valence-corrected chi connectivity index (χ2v) is 6.91. The standard InChI is InChI=1S/C22H19N3O.ClH/c26-22-19-14-23-20-12-11-16(15-7-3-1-4-8-15)13-18(20)21(19)24-25(22)17-9-5-2-6-10-17;/h1-10,14,16,24H,11-13H2;1H. The smallest absolute Gasteiger partial charge is 0.280 e. The first-order valence-corrected chi connectivity index (χ1v) is 9.03. The van der Waals surface area contributed by atoms with Crippen LogP contribution in [0.3, 0.4) is 0 Å².